The molecule has 1 aromatic rings. The molecule has 2 aliphatic rings. The quantitative estimate of drug-likeness (QED) is 0.718. The maximum Gasteiger partial charge on any atom is 0.237 e. The molecule has 0 unspecified atom stereocenters. The highest BCUT2D eigenvalue weighted by Gasteiger charge is 2.50. The van der Waals surface area contributed by atoms with E-state index < -0.39 is 0 Å². The zero-order chi connectivity index (χ0) is 15.3. The number of rotatable bonds is 1. The van der Waals surface area contributed by atoms with E-state index in [0.717, 1.165) is 40.5 Å². The van der Waals surface area contributed by atoms with Gasteiger partial charge in [-0.15, -0.1) is 0 Å². The van der Waals surface area contributed by atoms with Crippen LogP contribution in [0.15, 0.2) is 16.6 Å². The third-order valence-corrected chi connectivity index (χ3v) is 5.98. The Kier molecular flexibility index (Phi) is 3.68. The molecule has 1 saturated carbocycles. The number of imide groups is 1. The predicted molar refractivity (Wildman–Crippen MR) is 86.1 cm³/mol. The molecule has 3 atom stereocenters. The first-order valence-corrected chi connectivity index (χ1v) is 8.34. The van der Waals surface area contributed by atoms with E-state index in [0.29, 0.717) is 5.92 Å². The van der Waals surface area contributed by atoms with Crippen molar-refractivity contribution in [3.8, 4) is 0 Å². The van der Waals surface area contributed by atoms with Gasteiger partial charge in [0.1, 0.15) is 0 Å². The zero-order valence-electron chi connectivity index (χ0n) is 12.6. The van der Waals surface area contributed by atoms with Gasteiger partial charge in [-0.25, -0.2) is 4.90 Å². The highest BCUT2D eigenvalue weighted by molar-refractivity contribution is 9.10. The molecule has 1 aliphatic heterocycles. The van der Waals surface area contributed by atoms with Crippen molar-refractivity contribution >= 4 is 33.4 Å². The summed E-state index contributed by atoms with van der Waals surface area (Å²) >= 11 is 3.50. The molecule has 0 N–H and O–H groups in total. The van der Waals surface area contributed by atoms with Gasteiger partial charge < -0.3 is 0 Å². The Hall–Kier alpha value is -1.16. The average Bonchev–Trinajstić information content (AvgIpc) is 2.69. The summed E-state index contributed by atoms with van der Waals surface area (Å²) in [6.45, 7) is 6.15. The van der Waals surface area contributed by atoms with Crippen molar-refractivity contribution in [2.75, 3.05) is 4.90 Å². The topological polar surface area (TPSA) is 37.4 Å². The van der Waals surface area contributed by atoms with Crippen molar-refractivity contribution in [3.05, 3.63) is 27.7 Å². The molecule has 0 spiro atoms. The van der Waals surface area contributed by atoms with Crippen LogP contribution < -0.4 is 4.90 Å². The molecule has 4 heteroatoms. The van der Waals surface area contributed by atoms with Crippen molar-refractivity contribution in [3.63, 3.8) is 0 Å². The van der Waals surface area contributed by atoms with E-state index in [1.165, 1.54) is 4.90 Å². The highest BCUT2D eigenvalue weighted by atomic mass is 79.9. The average molecular weight is 350 g/mol. The Bertz CT molecular complexity index is 625. The largest absolute Gasteiger partial charge is 0.274 e. The molecule has 1 aliphatic carbocycles. The molecule has 1 aromatic carbocycles. The SMILES string of the molecule is Cc1c(Br)ccc(N2C(=O)[C@H]3CC[C@@H](C)C[C@@H]3C2=O)c1C. The number of carbonyl (C=O) groups is 2. The van der Waals surface area contributed by atoms with Gasteiger partial charge in [0.2, 0.25) is 11.8 Å². The lowest BCUT2D eigenvalue weighted by molar-refractivity contribution is -0.122. The molecule has 2 fully saturated rings. The summed E-state index contributed by atoms with van der Waals surface area (Å²) in [5.41, 5.74) is 2.84. The molecule has 0 aromatic heterocycles. The minimum atomic E-state index is -0.107. The van der Waals surface area contributed by atoms with Gasteiger partial charge in [0, 0.05) is 4.47 Å². The monoisotopic (exact) mass is 349 g/mol. The van der Waals surface area contributed by atoms with E-state index in [1.54, 1.807) is 0 Å². The van der Waals surface area contributed by atoms with Crippen molar-refractivity contribution < 1.29 is 9.59 Å². The van der Waals surface area contributed by atoms with Crippen LogP contribution in [-0.2, 0) is 9.59 Å². The second-order valence-electron chi connectivity index (χ2n) is 6.46. The number of hydrogen-bond donors (Lipinski definition) is 0. The van der Waals surface area contributed by atoms with E-state index in [9.17, 15) is 9.59 Å². The Morgan fingerprint density at radius 1 is 1.05 bits per heavy atom. The number of halogens is 1. The van der Waals surface area contributed by atoms with Crippen molar-refractivity contribution in [1.29, 1.82) is 0 Å². The second-order valence-corrected chi connectivity index (χ2v) is 7.31. The first-order valence-electron chi connectivity index (χ1n) is 7.55. The van der Waals surface area contributed by atoms with E-state index in [-0.39, 0.29) is 23.7 Å². The van der Waals surface area contributed by atoms with Gasteiger partial charge in [-0.05, 0) is 62.3 Å². The summed E-state index contributed by atoms with van der Waals surface area (Å²) in [6.07, 6.45) is 2.74. The fraction of sp³-hybridized carbons (Fsp3) is 0.529. The van der Waals surface area contributed by atoms with Crippen LogP contribution in [0, 0.1) is 31.6 Å². The molecule has 1 saturated heterocycles. The van der Waals surface area contributed by atoms with Crippen molar-refractivity contribution in [1.82, 2.24) is 0 Å². The minimum Gasteiger partial charge on any atom is -0.274 e. The van der Waals surface area contributed by atoms with Crippen LogP contribution in [0.1, 0.15) is 37.3 Å². The van der Waals surface area contributed by atoms with Gasteiger partial charge >= 0.3 is 0 Å². The van der Waals surface area contributed by atoms with Crippen LogP contribution in [0.25, 0.3) is 0 Å². The lowest BCUT2D eigenvalue weighted by atomic mass is 9.76. The number of amides is 2. The standard InChI is InChI=1S/C17H20BrNO2/c1-9-4-5-12-13(8-9)17(21)19(16(12)20)15-7-6-14(18)10(2)11(15)3/h6-7,9,12-13H,4-5,8H2,1-3H3/t9-,12+,13+/m1/s1. The molecule has 112 valence electrons. The maximum atomic E-state index is 12.7. The molecule has 3 nitrogen and oxygen atoms in total. The fourth-order valence-corrected chi connectivity index (χ4v) is 4.07. The first kappa shape index (κ1) is 14.8. The smallest absolute Gasteiger partial charge is 0.237 e. The zero-order valence-corrected chi connectivity index (χ0v) is 14.2. The van der Waals surface area contributed by atoms with E-state index in [2.05, 4.69) is 22.9 Å². The van der Waals surface area contributed by atoms with Gasteiger partial charge in [0.15, 0.2) is 0 Å². The number of carbonyl (C=O) groups excluding carboxylic acids is 2. The van der Waals surface area contributed by atoms with Gasteiger partial charge in [-0.2, -0.15) is 0 Å². The molecule has 2 amide bonds. The van der Waals surface area contributed by atoms with Gasteiger partial charge in [0.25, 0.3) is 0 Å². The molecule has 0 radical (unpaired) electrons. The van der Waals surface area contributed by atoms with E-state index in [1.807, 2.05) is 26.0 Å². The van der Waals surface area contributed by atoms with Gasteiger partial charge in [-0.3, -0.25) is 9.59 Å². The Labute approximate surface area is 133 Å². The summed E-state index contributed by atoms with van der Waals surface area (Å²) < 4.78 is 1.01. The fourth-order valence-electron chi connectivity index (χ4n) is 3.64. The number of anilines is 1. The lowest BCUT2D eigenvalue weighted by Gasteiger charge is -2.25. The summed E-state index contributed by atoms with van der Waals surface area (Å²) in [5, 5.41) is 0. The van der Waals surface area contributed by atoms with Crippen LogP contribution in [0.3, 0.4) is 0 Å². The van der Waals surface area contributed by atoms with Crippen LogP contribution in [-0.4, -0.2) is 11.8 Å². The van der Waals surface area contributed by atoms with Crippen LogP contribution >= 0.6 is 15.9 Å². The highest BCUT2D eigenvalue weighted by Crippen LogP contribution is 2.43. The normalized spacial score (nSPS) is 29.0. The van der Waals surface area contributed by atoms with Crippen LogP contribution in [0.4, 0.5) is 5.69 Å². The van der Waals surface area contributed by atoms with E-state index >= 15 is 0 Å². The Balaban J connectivity index is 2.02. The minimum absolute atomic E-state index is 0.00127. The molecule has 21 heavy (non-hydrogen) atoms. The molecular weight excluding hydrogens is 330 g/mol. The van der Waals surface area contributed by atoms with E-state index in [4.69, 9.17) is 0 Å². The molecule has 0 bridgehead atoms. The summed E-state index contributed by atoms with van der Waals surface area (Å²) in [5.74, 6) is 0.334. The number of hydrogen-bond acceptors (Lipinski definition) is 2. The Morgan fingerprint density at radius 3 is 2.43 bits per heavy atom. The maximum absolute atomic E-state index is 12.7. The van der Waals surface area contributed by atoms with Crippen molar-refractivity contribution in [2.45, 2.75) is 40.0 Å². The third kappa shape index (κ3) is 2.24. The summed E-state index contributed by atoms with van der Waals surface area (Å²) in [6, 6.07) is 3.80. The van der Waals surface area contributed by atoms with Crippen molar-refractivity contribution in [2.24, 2.45) is 17.8 Å². The second kappa shape index (κ2) is 5.24. The van der Waals surface area contributed by atoms with Gasteiger partial charge in [-0.1, -0.05) is 22.9 Å². The third-order valence-electron chi connectivity index (χ3n) is 5.12. The molecule has 1 heterocycles. The predicted octanol–water partition coefficient (Wildman–Crippen LogP) is 3.99. The number of nitrogens with zero attached hydrogens (tertiary/aromatic N) is 1. The number of benzene rings is 1. The van der Waals surface area contributed by atoms with Crippen LogP contribution in [0.5, 0.6) is 0 Å². The summed E-state index contributed by atoms with van der Waals surface area (Å²) in [4.78, 5) is 26.9. The molecule has 3 rings (SSSR count). The lowest BCUT2D eigenvalue weighted by Crippen LogP contribution is -2.31. The first-order chi connectivity index (χ1) is 9.91. The Morgan fingerprint density at radius 2 is 1.71 bits per heavy atom. The summed E-state index contributed by atoms with van der Waals surface area (Å²) in [7, 11) is 0. The molecular formula is C17H20BrNO2. The van der Waals surface area contributed by atoms with Gasteiger partial charge in [0.05, 0.1) is 17.5 Å². The number of fused-ring (bicyclic) bond motifs is 1. The van der Waals surface area contributed by atoms with Crippen LogP contribution in [0.2, 0.25) is 0 Å².